The van der Waals surface area contributed by atoms with Crippen molar-refractivity contribution in [1.82, 2.24) is 4.57 Å². The summed E-state index contributed by atoms with van der Waals surface area (Å²) in [5.74, 6) is -0.770. The number of nitrogens with zero attached hydrogens (tertiary/aromatic N) is 4. The van der Waals surface area contributed by atoms with E-state index >= 15 is 0 Å². The fourth-order valence-corrected chi connectivity index (χ4v) is 7.60. The van der Waals surface area contributed by atoms with E-state index in [0.29, 0.717) is 33.6 Å². The van der Waals surface area contributed by atoms with Crippen molar-refractivity contribution >= 4 is 39.3 Å². The molecule has 0 atom stereocenters. The molecule has 7 aromatic rings. The van der Waals surface area contributed by atoms with Crippen LogP contribution in [0.15, 0.2) is 115 Å². The van der Waals surface area contributed by atoms with Crippen LogP contribution in [0.25, 0.3) is 49.7 Å². The molecule has 0 saturated carbocycles. The Labute approximate surface area is 283 Å². The summed E-state index contributed by atoms with van der Waals surface area (Å²) in [6, 6.07) is 41.0. The van der Waals surface area contributed by atoms with Crippen molar-refractivity contribution in [2.45, 2.75) is 20.8 Å². The number of anilines is 1. The highest BCUT2D eigenvalue weighted by molar-refractivity contribution is 6.36. The summed E-state index contributed by atoms with van der Waals surface area (Å²) in [6.45, 7) is 5.84. The lowest BCUT2D eigenvalue weighted by molar-refractivity contribution is 0.0925. The Bertz CT molecular complexity index is 2530. The zero-order valence-electron chi connectivity index (χ0n) is 27.1. The van der Waals surface area contributed by atoms with Crippen molar-refractivity contribution in [3.63, 3.8) is 0 Å². The molecule has 0 saturated heterocycles. The number of rotatable bonds is 4. The van der Waals surface area contributed by atoms with Crippen LogP contribution in [0, 0.1) is 43.4 Å². The molecule has 232 valence electrons. The van der Waals surface area contributed by atoms with E-state index < -0.39 is 5.91 Å². The number of carbonyl (C=O) groups excluding carboxylic acids is 2. The van der Waals surface area contributed by atoms with Crippen LogP contribution in [0.1, 0.15) is 48.5 Å². The van der Waals surface area contributed by atoms with Gasteiger partial charge in [0, 0.05) is 33.0 Å². The molecule has 0 fully saturated rings. The van der Waals surface area contributed by atoms with Crippen LogP contribution < -0.4 is 4.90 Å². The van der Waals surface area contributed by atoms with E-state index in [0.717, 1.165) is 60.8 Å². The third kappa shape index (κ3) is 4.32. The number of nitriles is 2. The molecule has 49 heavy (non-hydrogen) atoms. The smallest absolute Gasteiger partial charge is 0.268 e. The standard InChI is InChI=1S/C43H28N4O2/c1-25-21-26(2)39(27(3)22-25)47-42(48)36-19-10-20-37(38(36)43(47)49)46-40-32(30-13-6-4-11-28(30)23-44)15-8-17-34(40)35-18-9-16-33(41(35)46)31-14-7-5-12-29(31)24-45/h4-22H,1-3H3. The van der Waals surface area contributed by atoms with Crippen molar-refractivity contribution in [3.05, 3.63) is 154 Å². The van der Waals surface area contributed by atoms with Gasteiger partial charge in [-0.25, -0.2) is 4.90 Å². The zero-order valence-corrected chi connectivity index (χ0v) is 27.1. The van der Waals surface area contributed by atoms with E-state index in [4.69, 9.17) is 0 Å². The maximum absolute atomic E-state index is 14.7. The van der Waals surface area contributed by atoms with Crippen LogP contribution in [-0.2, 0) is 0 Å². The van der Waals surface area contributed by atoms with Gasteiger partial charge in [-0.05, 0) is 56.2 Å². The van der Waals surface area contributed by atoms with Gasteiger partial charge in [-0.15, -0.1) is 0 Å². The zero-order chi connectivity index (χ0) is 34.0. The highest BCUT2D eigenvalue weighted by atomic mass is 16.2. The molecule has 6 aromatic carbocycles. The number of aromatic nitrogens is 1. The van der Waals surface area contributed by atoms with Gasteiger partial charge in [0.25, 0.3) is 11.8 Å². The monoisotopic (exact) mass is 632 g/mol. The number of aryl methyl sites for hydroxylation is 3. The average Bonchev–Trinajstić information content (AvgIpc) is 3.59. The number of para-hydroxylation sites is 2. The number of fused-ring (bicyclic) bond motifs is 4. The highest BCUT2D eigenvalue weighted by Gasteiger charge is 2.41. The summed E-state index contributed by atoms with van der Waals surface area (Å²) in [5.41, 5.74) is 10.2. The number of benzene rings is 6. The lowest BCUT2D eigenvalue weighted by atomic mass is 9.96. The molecule has 0 N–H and O–H groups in total. The molecule has 2 amide bonds. The minimum atomic E-state index is -0.398. The molecule has 0 bridgehead atoms. The Kier molecular flexibility index (Phi) is 6.77. The lowest BCUT2D eigenvalue weighted by Gasteiger charge is -2.20. The Hall–Kier alpha value is -6.76. The van der Waals surface area contributed by atoms with E-state index in [1.54, 1.807) is 18.2 Å². The maximum atomic E-state index is 14.7. The van der Waals surface area contributed by atoms with Crippen LogP contribution >= 0.6 is 0 Å². The number of imide groups is 1. The molecule has 1 aliphatic rings. The fraction of sp³-hybridized carbons (Fsp3) is 0.0698. The number of amides is 2. The minimum Gasteiger partial charge on any atom is -0.307 e. The SMILES string of the molecule is Cc1cc(C)c(N2C(=O)c3cccc(-n4c5c(-c6ccccc6C#N)cccc5c5cccc(-c6ccccc6C#N)c54)c3C2=O)c(C)c1. The van der Waals surface area contributed by atoms with Crippen LogP contribution in [0.3, 0.4) is 0 Å². The van der Waals surface area contributed by atoms with E-state index in [-0.39, 0.29) is 5.91 Å². The molecule has 1 aliphatic heterocycles. The van der Waals surface area contributed by atoms with Gasteiger partial charge in [-0.3, -0.25) is 9.59 Å². The molecule has 0 radical (unpaired) electrons. The van der Waals surface area contributed by atoms with Gasteiger partial charge in [-0.2, -0.15) is 10.5 Å². The third-order valence-electron chi connectivity index (χ3n) is 9.48. The molecular formula is C43H28N4O2. The second-order valence-electron chi connectivity index (χ2n) is 12.4. The van der Waals surface area contributed by atoms with Crippen molar-refractivity contribution in [2.24, 2.45) is 0 Å². The van der Waals surface area contributed by atoms with Gasteiger partial charge in [-0.1, -0.05) is 96.6 Å². The Morgan fingerprint density at radius 2 is 1.00 bits per heavy atom. The van der Waals surface area contributed by atoms with E-state index in [1.165, 1.54) is 4.90 Å². The topological polar surface area (TPSA) is 89.9 Å². The predicted molar refractivity (Wildman–Crippen MR) is 193 cm³/mol. The predicted octanol–water partition coefficient (Wildman–Crippen LogP) is 9.59. The van der Waals surface area contributed by atoms with Crippen molar-refractivity contribution < 1.29 is 9.59 Å². The van der Waals surface area contributed by atoms with Gasteiger partial charge in [0.2, 0.25) is 0 Å². The first-order valence-electron chi connectivity index (χ1n) is 16.0. The van der Waals surface area contributed by atoms with Crippen molar-refractivity contribution in [1.29, 1.82) is 10.5 Å². The van der Waals surface area contributed by atoms with Crippen LogP contribution in [-0.4, -0.2) is 16.4 Å². The molecule has 0 spiro atoms. The third-order valence-corrected chi connectivity index (χ3v) is 9.48. The first-order valence-corrected chi connectivity index (χ1v) is 16.0. The molecular weight excluding hydrogens is 604 g/mol. The minimum absolute atomic E-state index is 0.303. The molecule has 6 nitrogen and oxygen atoms in total. The quantitative estimate of drug-likeness (QED) is 0.181. The largest absolute Gasteiger partial charge is 0.307 e. The first-order chi connectivity index (χ1) is 23.8. The second kappa shape index (κ2) is 11.2. The Balaban J connectivity index is 1.53. The molecule has 2 heterocycles. The second-order valence-corrected chi connectivity index (χ2v) is 12.4. The maximum Gasteiger partial charge on any atom is 0.268 e. The van der Waals surface area contributed by atoms with E-state index in [1.807, 2.05) is 118 Å². The molecule has 0 unspecified atom stereocenters. The molecule has 0 aliphatic carbocycles. The summed E-state index contributed by atoms with van der Waals surface area (Å²) < 4.78 is 2.06. The fourth-order valence-electron chi connectivity index (χ4n) is 7.60. The Morgan fingerprint density at radius 1 is 0.531 bits per heavy atom. The van der Waals surface area contributed by atoms with Gasteiger partial charge in [0.15, 0.2) is 0 Å². The van der Waals surface area contributed by atoms with Gasteiger partial charge >= 0.3 is 0 Å². The van der Waals surface area contributed by atoms with Crippen molar-refractivity contribution in [3.8, 4) is 40.1 Å². The highest BCUT2D eigenvalue weighted by Crippen LogP contribution is 2.45. The normalized spacial score (nSPS) is 12.4. The van der Waals surface area contributed by atoms with E-state index in [9.17, 15) is 20.1 Å². The van der Waals surface area contributed by atoms with Crippen LogP contribution in [0.2, 0.25) is 0 Å². The average molecular weight is 633 g/mol. The lowest BCUT2D eigenvalue weighted by Crippen LogP contribution is -2.31. The molecule has 6 heteroatoms. The van der Waals surface area contributed by atoms with Crippen LogP contribution in [0.5, 0.6) is 0 Å². The first kappa shape index (κ1) is 29.6. The van der Waals surface area contributed by atoms with Crippen molar-refractivity contribution in [2.75, 3.05) is 4.90 Å². The summed E-state index contributed by atoms with van der Waals surface area (Å²) in [7, 11) is 0. The summed E-state index contributed by atoms with van der Waals surface area (Å²) in [5, 5.41) is 22.1. The summed E-state index contributed by atoms with van der Waals surface area (Å²) in [4.78, 5) is 30.2. The van der Waals surface area contributed by atoms with Crippen LogP contribution in [0.4, 0.5) is 5.69 Å². The number of hydrogen-bond donors (Lipinski definition) is 0. The van der Waals surface area contributed by atoms with Gasteiger partial charge in [0.1, 0.15) is 0 Å². The number of hydrogen-bond acceptors (Lipinski definition) is 4. The summed E-state index contributed by atoms with van der Waals surface area (Å²) in [6.07, 6.45) is 0. The molecule has 1 aromatic heterocycles. The summed E-state index contributed by atoms with van der Waals surface area (Å²) >= 11 is 0. The van der Waals surface area contributed by atoms with Gasteiger partial charge in [0.05, 0.1) is 56.8 Å². The van der Waals surface area contributed by atoms with Gasteiger partial charge < -0.3 is 4.57 Å². The molecule has 8 rings (SSSR count). The van der Waals surface area contributed by atoms with E-state index in [2.05, 4.69) is 16.7 Å². The Morgan fingerprint density at radius 3 is 1.53 bits per heavy atom. The number of carbonyl (C=O) groups is 2.